The van der Waals surface area contributed by atoms with Crippen LogP contribution in [-0.2, 0) is 6.54 Å². The maximum atomic E-state index is 12.4. The molecule has 1 aromatic heterocycles. The van der Waals surface area contributed by atoms with Gasteiger partial charge < -0.3 is 20.1 Å². The zero-order valence-corrected chi connectivity index (χ0v) is 16.0. The average Bonchev–Trinajstić information content (AvgIpc) is 2.72. The minimum absolute atomic E-state index is 0.270. The number of amides is 1. The fourth-order valence-corrected chi connectivity index (χ4v) is 2.66. The summed E-state index contributed by atoms with van der Waals surface area (Å²) in [6, 6.07) is 14.9. The number of benzene rings is 2. The van der Waals surface area contributed by atoms with Crippen LogP contribution in [0.1, 0.15) is 21.6 Å². The van der Waals surface area contributed by atoms with Gasteiger partial charge in [0, 0.05) is 18.8 Å². The number of anilines is 2. The van der Waals surface area contributed by atoms with Crippen LogP contribution in [0.3, 0.4) is 0 Å². The van der Waals surface area contributed by atoms with Crippen molar-refractivity contribution in [1.82, 2.24) is 15.3 Å². The summed E-state index contributed by atoms with van der Waals surface area (Å²) in [7, 11) is 3.15. The molecule has 1 heterocycles. The molecule has 7 nitrogen and oxygen atoms in total. The van der Waals surface area contributed by atoms with Gasteiger partial charge in [-0.25, -0.2) is 9.97 Å². The summed E-state index contributed by atoms with van der Waals surface area (Å²) < 4.78 is 10.5. The molecular formula is C21H22N4O3. The Balaban J connectivity index is 1.70. The van der Waals surface area contributed by atoms with E-state index in [-0.39, 0.29) is 11.6 Å². The van der Waals surface area contributed by atoms with E-state index in [2.05, 4.69) is 20.6 Å². The molecule has 7 heteroatoms. The average molecular weight is 378 g/mol. The molecule has 2 N–H and O–H groups in total. The molecule has 2 aromatic carbocycles. The summed E-state index contributed by atoms with van der Waals surface area (Å²) in [6.07, 6.45) is 1.53. The van der Waals surface area contributed by atoms with Gasteiger partial charge in [-0.2, -0.15) is 0 Å². The summed E-state index contributed by atoms with van der Waals surface area (Å²) in [4.78, 5) is 20.9. The fourth-order valence-electron chi connectivity index (χ4n) is 2.66. The third-order valence-corrected chi connectivity index (χ3v) is 4.08. The van der Waals surface area contributed by atoms with Gasteiger partial charge >= 0.3 is 0 Å². The van der Waals surface area contributed by atoms with E-state index in [1.165, 1.54) is 6.20 Å². The highest BCUT2D eigenvalue weighted by Gasteiger charge is 2.11. The Morgan fingerprint density at radius 3 is 2.68 bits per heavy atom. The molecule has 0 aliphatic heterocycles. The Bertz CT molecular complexity index is 975. The Morgan fingerprint density at radius 2 is 1.93 bits per heavy atom. The predicted octanol–water partition coefficient (Wildman–Crippen LogP) is 3.48. The largest absolute Gasteiger partial charge is 0.497 e. The van der Waals surface area contributed by atoms with Crippen LogP contribution in [0.15, 0.2) is 54.7 Å². The Morgan fingerprint density at radius 1 is 1.07 bits per heavy atom. The van der Waals surface area contributed by atoms with Crippen LogP contribution in [-0.4, -0.2) is 30.1 Å². The number of rotatable bonds is 7. The van der Waals surface area contributed by atoms with Crippen molar-refractivity contribution in [3.05, 3.63) is 71.5 Å². The van der Waals surface area contributed by atoms with Crippen LogP contribution in [0, 0.1) is 6.92 Å². The van der Waals surface area contributed by atoms with Gasteiger partial charge in [-0.05, 0) is 30.7 Å². The molecule has 0 aliphatic carbocycles. The third kappa shape index (κ3) is 4.76. The number of hydrogen-bond donors (Lipinski definition) is 2. The van der Waals surface area contributed by atoms with E-state index in [0.29, 0.717) is 29.7 Å². The highest BCUT2D eigenvalue weighted by atomic mass is 16.5. The second kappa shape index (κ2) is 8.85. The topological polar surface area (TPSA) is 85.4 Å². The second-order valence-corrected chi connectivity index (χ2v) is 6.13. The highest BCUT2D eigenvalue weighted by molar-refractivity contribution is 5.92. The van der Waals surface area contributed by atoms with E-state index in [4.69, 9.17) is 9.47 Å². The summed E-state index contributed by atoms with van der Waals surface area (Å²) in [6.45, 7) is 2.45. The lowest BCUT2D eigenvalue weighted by atomic mass is 10.1. The van der Waals surface area contributed by atoms with Crippen LogP contribution in [0.2, 0.25) is 0 Å². The normalized spacial score (nSPS) is 10.2. The van der Waals surface area contributed by atoms with E-state index in [9.17, 15) is 4.79 Å². The monoisotopic (exact) mass is 378 g/mol. The van der Waals surface area contributed by atoms with E-state index < -0.39 is 0 Å². The molecule has 3 rings (SSSR count). The molecule has 3 aromatic rings. The van der Waals surface area contributed by atoms with Gasteiger partial charge in [0.2, 0.25) is 5.95 Å². The van der Waals surface area contributed by atoms with Crippen molar-refractivity contribution in [3.63, 3.8) is 0 Å². The zero-order chi connectivity index (χ0) is 19.9. The van der Waals surface area contributed by atoms with Gasteiger partial charge in [-0.3, -0.25) is 4.79 Å². The zero-order valence-electron chi connectivity index (χ0n) is 16.0. The first-order valence-electron chi connectivity index (χ1n) is 8.75. The highest BCUT2D eigenvalue weighted by Crippen LogP contribution is 2.30. The molecule has 0 fully saturated rings. The summed E-state index contributed by atoms with van der Waals surface area (Å²) in [5.74, 6) is 1.28. The Kier molecular flexibility index (Phi) is 6.06. The molecule has 0 saturated heterocycles. The first-order valence-corrected chi connectivity index (χ1v) is 8.75. The van der Waals surface area contributed by atoms with Gasteiger partial charge in [-0.1, -0.05) is 29.8 Å². The SMILES string of the molecule is COc1ccc(Nc2nccc(C(=O)NCc3cccc(C)c3)n2)c(OC)c1. The lowest BCUT2D eigenvalue weighted by Crippen LogP contribution is -2.24. The fraction of sp³-hybridized carbons (Fsp3) is 0.190. The summed E-state index contributed by atoms with van der Waals surface area (Å²) >= 11 is 0. The van der Waals surface area contributed by atoms with Gasteiger partial charge in [-0.15, -0.1) is 0 Å². The van der Waals surface area contributed by atoms with Gasteiger partial charge in [0.25, 0.3) is 5.91 Å². The van der Waals surface area contributed by atoms with Crippen LogP contribution in [0.4, 0.5) is 11.6 Å². The number of methoxy groups -OCH3 is 2. The molecule has 0 radical (unpaired) electrons. The number of carbonyl (C=O) groups excluding carboxylic acids is 1. The Hall–Kier alpha value is -3.61. The molecule has 0 aliphatic rings. The number of hydrogen-bond acceptors (Lipinski definition) is 6. The molecule has 0 saturated carbocycles. The van der Waals surface area contributed by atoms with Crippen molar-refractivity contribution >= 4 is 17.5 Å². The van der Waals surface area contributed by atoms with Crippen molar-refractivity contribution in [2.24, 2.45) is 0 Å². The van der Waals surface area contributed by atoms with Crippen LogP contribution in [0.5, 0.6) is 11.5 Å². The Labute approximate surface area is 163 Å². The first kappa shape index (κ1) is 19.2. The minimum Gasteiger partial charge on any atom is -0.497 e. The maximum Gasteiger partial charge on any atom is 0.270 e. The van der Waals surface area contributed by atoms with Crippen LogP contribution in [0.25, 0.3) is 0 Å². The molecule has 1 amide bonds. The van der Waals surface area contributed by atoms with Crippen molar-refractivity contribution in [2.45, 2.75) is 13.5 Å². The van der Waals surface area contributed by atoms with Gasteiger partial charge in [0.15, 0.2) is 0 Å². The van der Waals surface area contributed by atoms with E-state index in [1.54, 1.807) is 38.5 Å². The number of aryl methyl sites for hydroxylation is 1. The van der Waals surface area contributed by atoms with Crippen LogP contribution < -0.4 is 20.1 Å². The van der Waals surface area contributed by atoms with E-state index in [0.717, 1.165) is 11.1 Å². The van der Waals surface area contributed by atoms with Gasteiger partial charge in [0.1, 0.15) is 17.2 Å². The minimum atomic E-state index is -0.270. The molecule has 0 unspecified atom stereocenters. The lowest BCUT2D eigenvalue weighted by Gasteiger charge is -2.12. The van der Waals surface area contributed by atoms with Crippen molar-refractivity contribution in [1.29, 1.82) is 0 Å². The van der Waals surface area contributed by atoms with Crippen molar-refractivity contribution in [2.75, 3.05) is 19.5 Å². The lowest BCUT2D eigenvalue weighted by molar-refractivity contribution is 0.0946. The number of nitrogens with zero attached hydrogens (tertiary/aromatic N) is 2. The number of nitrogens with one attached hydrogen (secondary N) is 2. The smallest absolute Gasteiger partial charge is 0.270 e. The molecule has 28 heavy (non-hydrogen) atoms. The molecular weight excluding hydrogens is 356 g/mol. The number of ether oxygens (including phenoxy) is 2. The first-order chi connectivity index (χ1) is 13.6. The van der Waals surface area contributed by atoms with E-state index >= 15 is 0 Å². The molecule has 0 atom stereocenters. The molecule has 0 spiro atoms. The van der Waals surface area contributed by atoms with Crippen molar-refractivity contribution < 1.29 is 14.3 Å². The second-order valence-electron chi connectivity index (χ2n) is 6.13. The quantitative estimate of drug-likeness (QED) is 0.655. The van der Waals surface area contributed by atoms with Crippen molar-refractivity contribution in [3.8, 4) is 11.5 Å². The van der Waals surface area contributed by atoms with E-state index in [1.807, 2.05) is 31.2 Å². The summed E-state index contributed by atoms with van der Waals surface area (Å²) in [5, 5.41) is 5.94. The predicted molar refractivity (Wildman–Crippen MR) is 107 cm³/mol. The number of carbonyl (C=O) groups is 1. The maximum absolute atomic E-state index is 12.4. The number of aromatic nitrogens is 2. The van der Waals surface area contributed by atoms with Crippen LogP contribution >= 0.6 is 0 Å². The third-order valence-electron chi connectivity index (χ3n) is 4.08. The summed E-state index contributed by atoms with van der Waals surface area (Å²) in [5.41, 5.74) is 3.12. The van der Waals surface area contributed by atoms with Gasteiger partial charge in [0.05, 0.1) is 19.9 Å². The standard InChI is InChI=1S/C21H22N4O3/c1-14-5-4-6-15(11-14)13-23-20(26)18-9-10-22-21(25-18)24-17-8-7-16(27-2)12-19(17)28-3/h4-12H,13H2,1-3H3,(H,23,26)(H,22,24,25). The molecule has 144 valence electrons. The molecule has 0 bridgehead atoms.